The normalized spacial score (nSPS) is 11.1. The molecule has 7 heteroatoms. The minimum absolute atomic E-state index is 0.0959. The van der Waals surface area contributed by atoms with E-state index in [1.165, 1.54) is 6.20 Å². The Morgan fingerprint density at radius 1 is 1.22 bits per heavy atom. The Labute approximate surface area is 139 Å². The molecule has 23 heavy (non-hydrogen) atoms. The Morgan fingerprint density at radius 2 is 1.87 bits per heavy atom. The molecule has 2 aromatic rings. The monoisotopic (exact) mass is 334 g/mol. The van der Waals surface area contributed by atoms with Gasteiger partial charge in [-0.25, -0.2) is 0 Å². The van der Waals surface area contributed by atoms with Crippen LogP contribution in [-0.2, 0) is 4.79 Å². The van der Waals surface area contributed by atoms with E-state index >= 15 is 0 Å². The number of amides is 2. The minimum Gasteiger partial charge on any atom is -0.350 e. The zero-order chi connectivity index (χ0) is 17.0. The topological polar surface area (TPSA) is 86.9 Å². The number of carbonyl (C=O) groups excluding carboxylic acids is 2. The predicted molar refractivity (Wildman–Crippen MR) is 89.3 cm³/mol. The molecule has 122 valence electrons. The zero-order valence-electron chi connectivity index (χ0n) is 13.2. The van der Waals surface area contributed by atoms with Gasteiger partial charge in [0.25, 0.3) is 5.91 Å². The van der Waals surface area contributed by atoms with Crippen molar-refractivity contribution in [3.8, 4) is 11.3 Å². The second-order valence-corrected chi connectivity index (χ2v) is 6.58. The van der Waals surface area contributed by atoms with Crippen LogP contribution in [0.1, 0.15) is 31.1 Å². The minimum atomic E-state index is -0.368. The number of nitrogens with one attached hydrogen (secondary N) is 3. The standard InChI is InChI=1S/C16H19ClN4O2/c1-16(2,3)20-13(22)9-18-15(23)12-8-19-21-14(12)10-4-6-11(17)7-5-10/h4-8H,9H2,1-3H3,(H,18,23)(H,19,21)(H,20,22). The highest BCUT2D eigenvalue weighted by molar-refractivity contribution is 6.30. The van der Waals surface area contributed by atoms with Crippen molar-refractivity contribution in [2.24, 2.45) is 0 Å². The Morgan fingerprint density at radius 3 is 2.48 bits per heavy atom. The van der Waals surface area contributed by atoms with Crippen molar-refractivity contribution in [1.82, 2.24) is 20.8 Å². The molecule has 6 nitrogen and oxygen atoms in total. The van der Waals surface area contributed by atoms with Crippen LogP contribution in [0, 0.1) is 0 Å². The van der Waals surface area contributed by atoms with Crippen LogP contribution in [-0.4, -0.2) is 34.1 Å². The van der Waals surface area contributed by atoms with E-state index in [-0.39, 0.29) is 23.9 Å². The van der Waals surface area contributed by atoms with Crippen LogP contribution in [0.2, 0.25) is 5.02 Å². The summed E-state index contributed by atoms with van der Waals surface area (Å²) in [5.74, 6) is -0.616. The number of hydrogen-bond acceptors (Lipinski definition) is 3. The fraction of sp³-hybridized carbons (Fsp3) is 0.312. The largest absolute Gasteiger partial charge is 0.350 e. The van der Waals surface area contributed by atoms with Gasteiger partial charge in [-0.15, -0.1) is 0 Å². The number of nitrogens with zero attached hydrogens (tertiary/aromatic N) is 1. The first-order valence-electron chi connectivity index (χ1n) is 7.15. The highest BCUT2D eigenvalue weighted by Crippen LogP contribution is 2.22. The summed E-state index contributed by atoms with van der Waals surface area (Å²) in [6, 6.07) is 7.05. The van der Waals surface area contributed by atoms with Gasteiger partial charge in [-0.1, -0.05) is 23.7 Å². The molecule has 0 saturated heterocycles. The van der Waals surface area contributed by atoms with Crippen LogP contribution in [0.5, 0.6) is 0 Å². The Hall–Kier alpha value is -2.34. The molecule has 0 atom stereocenters. The molecule has 0 saturated carbocycles. The van der Waals surface area contributed by atoms with Gasteiger partial charge >= 0.3 is 0 Å². The molecule has 0 radical (unpaired) electrons. The first-order valence-corrected chi connectivity index (χ1v) is 7.52. The smallest absolute Gasteiger partial charge is 0.255 e. The average Bonchev–Trinajstić information content (AvgIpc) is 2.93. The van der Waals surface area contributed by atoms with Crippen molar-refractivity contribution in [2.75, 3.05) is 6.54 Å². The SMILES string of the molecule is CC(C)(C)NC(=O)CNC(=O)c1cn[nH]c1-c1ccc(Cl)cc1. The summed E-state index contributed by atoms with van der Waals surface area (Å²) < 4.78 is 0. The quantitative estimate of drug-likeness (QED) is 0.802. The molecule has 1 heterocycles. The van der Waals surface area contributed by atoms with E-state index in [4.69, 9.17) is 11.6 Å². The van der Waals surface area contributed by atoms with Gasteiger partial charge in [0.1, 0.15) is 0 Å². The third-order valence-corrected chi connectivity index (χ3v) is 3.19. The first-order chi connectivity index (χ1) is 10.8. The lowest BCUT2D eigenvalue weighted by Gasteiger charge is -2.20. The number of rotatable bonds is 4. The number of halogens is 1. The molecule has 1 aromatic carbocycles. The molecule has 0 bridgehead atoms. The Balaban J connectivity index is 2.05. The van der Waals surface area contributed by atoms with E-state index in [1.54, 1.807) is 24.3 Å². The molecular formula is C16H19ClN4O2. The van der Waals surface area contributed by atoms with Crippen LogP contribution in [0.3, 0.4) is 0 Å². The molecule has 2 rings (SSSR count). The molecule has 0 fully saturated rings. The maximum atomic E-state index is 12.3. The van der Waals surface area contributed by atoms with Crippen molar-refractivity contribution in [1.29, 1.82) is 0 Å². The van der Waals surface area contributed by atoms with Crippen molar-refractivity contribution in [3.63, 3.8) is 0 Å². The summed E-state index contributed by atoms with van der Waals surface area (Å²) in [6.45, 7) is 5.53. The lowest BCUT2D eigenvalue weighted by molar-refractivity contribution is -0.121. The van der Waals surface area contributed by atoms with Crippen molar-refractivity contribution in [3.05, 3.63) is 41.0 Å². The van der Waals surface area contributed by atoms with E-state index in [2.05, 4.69) is 20.8 Å². The van der Waals surface area contributed by atoms with Gasteiger partial charge in [-0.3, -0.25) is 14.7 Å². The molecule has 0 spiro atoms. The van der Waals surface area contributed by atoms with Crippen LogP contribution in [0.4, 0.5) is 0 Å². The summed E-state index contributed by atoms with van der Waals surface area (Å²) >= 11 is 5.86. The number of hydrogen-bond donors (Lipinski definition) is 3. The fourth-order valence-corrected chi connectivity index (χ4v) is 2.14. The zero-order valence-corrected chi connectivity index (χ0v) is 14.0. The number of aromatic amines is 1. The summed E-state index contributed by atoms with van der Waals surface area (Å²) in [6.07, 6.45) is 1.43. The number of benzene rings is 1. The van der Waals surface area contributed by atoms with Crippen LogP contribution in [0.25, 0.3) is 11.3 Å². The van der Waals surface area contributed by atoms with Crippen LogP contribution >= 0.6 is 11.6 Å². The van der Waals surface area contributed by atoms with Gasteiger partial charge in [-0.05, 0) is 32.9 Å². The van der Waals surface area contributed by atoms with Gasteiger partial charge in [0.05, 0.1) is 24.0 Å². The predicted octanol–water partition coefficient (Wildman–Crippen LogP) is 2.37. The van der Waals surface area contributed by atoms with Gasteiger partial charge < -0.3 is 10.6 Å². The molecule has 3 N–H and O–H groups in total. The summed E-state index contributed by atoms with van der Waals surface area (Å²) in [5, 5.41) is 12.7. The van der Waals surface area contributed by atoms with Crippen LogP contribution < -0.4 is 10.6 Å². The third-order valence-electron chi connectivity index (χ3n) is 2.94. The second kappa shape index (κ2) is 6.83. The third kappa shape index (κ3) is 4.82. The second-order valence-electron chi connectivity index (χ2n) is 6.15. The Kier molecular flexibility index (Phi) is 5.05. The summed E-state index contributed by atoms with van der Waals surface area (Å²) in [7, 11) is 0. The number of aromatic nitrogens is 2. The van der Waals surface area contributed by atoms with E-state index in [0.717, 1.165) is 5.56 Å². The number of H-pyrrole nitrogens is 1. The van der Waals surface area contributed by atoms with Gasteiger partial charge in [-0.2, -0.15) is 5.10 Å². The van der Waals surface area contributed by atoms with E-state index in [1.807, 2.05) is 20.8 Å². The highest BCUT2D eigenvalue weighted by Gasteiger charge is 2.18. The maximum absolute atomic E-state index is 12.3. The van der Waals surface area contributed by atoms with E-state index in [9.17, 15) is 9.59 Å². The summed E-state index contributed by atoms with van der Waals surface area (Å²) in [4.78, 5) is 24.0. The molecule has 0 aliphatic carbocycles. The molecule has 0 unspecified atom stereocenters. The van der Waals surface area contributed by atoms with E-state index in [0.29, 0.717) is 16.3 Å². The molecule has 2 amide bonds. The van der Waals surface area contributed by atoms with Crippen LogP contribution in [0.15, 0.2) is 30.5 Å². The van der Waals surface area contributed by atoms with E-state index < -0.39 is 0 Å². The summed E-state index contributed by atoms with van der Waals surface area (Å²) in [5.41, 5.74) is 1.40. The fourth-order valence-electron chi connectivity index (χ4n) is 2.01. The lowest BCUT2D eigenvalue weighted by atomic mass is 10.1. The number of carbonyl (C=O) groups is 2. The maximum Gasteiger partial charge on any atom is 0.255 e. The molecular weight excluding hydrogens is 316 g/mol. The van der Waals surface area contributed by atoms with Gasteiger partial charge in [0, 0.05) is 16.1 Å². The lowest BCUT2D eigenvalue weighted by Crippen LogP contribution is -2.45. The average molecular weight is 335 g/mol. The van der Waals surface area contributed by atoms with Crippen molar-refractivity contribution < 1.29 is 9.59 Å². The molecule has 1 aromatic heterocycles. The molecule has 0 aliphatic heterocycles. The van der Waals surface area contributed by atoms with Crippen molar-refractivity contribution >= 4 is 23.4 Å². The Bertz CT molecular complexity index is 702. The van der Waals surface area contributed by atoms with Crippen molar-refractivity contribution in [2.45, 2.75) is 26.3 Å². The highest BCUT2D eigenvalue weighted by atomic mass is 35.5. The van der Waals surface area contributed by atoms with Gasteiger partial charge in [0.2, 0.25) is 5.91 Å². The van der Waals surface area contributed by atoms with Gasteiger partial charge in [0.15, 0.2) is 0 Å². The first kappa shape index (κ1) is 17.0. The molecule has 0 aliphatic rings.